The molecule has 0 aliphatic carbocycles. The first kappa shape index (κ1) is 21.8. The van der Waals surface area contributed by atoms with Crippen LogP contribution in [0.3, 0.4) is 0 Å². The van der Waals surface area contributed by atoms with Gasteiger partial charge in [-0.05, 0) is 50.3 Å². The van der Waals surface area contributed by atoms with Crippen molar-refractivity contribution in [1.82, 2.24) is 9.78 Å². The number of ketones is 1. The smallest absolute Gasteiger partial charge is 0.331 e. The summed E-state index contributed by atoms with van der Waals surface area (Å²) in [4.78, 5) is 24.7. The molecule has 1 heterocycles. The molecule has 2 aromatic carbocycles. The normalized spacial score (nSPS) is 10.8. The number of Topliss-reactive ketones (excluding diaryl/α,β-unsaturated/α-hetero) is 1. The Hall–Kier alpha value is -3.87. The van der Waals surface area contributed by atoms with Crippen molar-refractivity contribution in [3.8, 4) is 17.2 Å². The molecule has 0 unspecified atom stereocenters. The molecule has 7 heteroatoms. The second-order valence-corrected chi connectivity index (χ2v) is 6.76. The van der Waals surface area contributed by atoms with Crippen molar-refractivity contribution < 1.29 is 23.8 Å². The third-order valence-corrected chi connectivity index (χ3v) is 4.79. The molecule has 1 aromatic heterocycles. The number of carbonyl (C=O) groups excluding carboxylic acids is 2. The topological polar surface area (TPSA) is 79.7 Å². The number of ether oxygens (including phenoxy) is 3. The number of benzene rings is 2. The quantitative estimate of drug-likeness (QED) is 0.312. The molecule has 0 aliphatic heterocycles. The fraction of sp³-hybridized carbons (Fsp3) is 0.208. The van der Waals surface area contributed by atoms with Crippen molar-refractivity contribution in [1.29, 1.82) is 0 Å². The van der Waals surface area contributed by atoms with Gasteiger partial charge in [-0.1, -0.05) is 18.2 Å². The van der Waals surface area contributed by atoms with Crippen LogP contribution in [-0.2, 0) is 9.53 Å². The van der Waals surface area contributed by atoms with Gasteiger partial charge in [-0.3, -0.25) is 4.79 Å². The van der Waals surface area contributed by atoms with Crippen LogP contribution in [0.25, 0.3) is 11.8 Å². The Morgan fingerprint density at radius 1 is 1.03 bits per heavy atom. The number of nitrogens with zero attached hydrogens (tertiary/aromatic N) is 2. The van der Waals surface area contributed by atoms with Crippen LogP contribution in [0, 0.1) is 13.8 Å². The van der Waals surface area contributed by atoms with E-state index < -0.39 is 12.6 Å². The van der Waals surface area contributed by atoms with Crippen molar-refractivity contribution >= 4 is 17.8 Å². The molecular weight excluding hydrogens is 396 g/mol. The lowest BCUT2D eigenvalue weighted by atomic mass is 10.1. The number of aryl methyl sites for hydroxylation is 1. The summed E-state index contributed by atoms with van der Waals surface area (Å²) in [5.41, 5.74) is 3.71. The van der Waals surface area contributed by atoms with Crippen LogP contribution in [0.1, 0.15) is 27.3 Å². The van der Waals surface area contributed by atoms with E-state index >= 15 is 0 Å². The lowest BCUT2D eigenvalue weighted by molar-refractivity contribution is -0.136. The molecule has 0 radical (unpaired) electrons. The molecule has 0 atom stereocenters. The number of methoxy groups -OCH3 is 2. The van der Waals surface area contributed by atoms with Gasteiger partial charge < -0.3 is 14.2 Å². The maximum atomic E-state index is 12.5. The van der Waals surface area contributed by atoms with Gasteiger partial charge in [0.25, 0.3) is 0 Å². The van der Waals surface area contributed by atoms with Crippen molar-refractivity contribution in [3.05, 3.63) is 77.1 Å². The Kier molecular flexibility index (Phi) is 6.87. The van der Waals surface area contributed by atoms with Gasteiger partial charge in [0.15, 0.2) is 6.61 Å². The van der Waals surface area contributed by atoms with Crippen molar-refractivity contribution in [3.63, 3.8) is 0 Å². The lowest BCUT2D eigenvalue weighted by Gasteiger charge is -2.09. The van der Waals surface area contributed by atoms with Crippen LogP contribution in [0.2, 0.25) is 0 Å². The highest BCUT2D eigenvalue weighted by Gasteiger charge is 2.16. The van der Waals surface area contributed by atoms with E-state index in [1.807, 2.05) is 48.9 Å². The Morgan fingerprint density at radius 2 is 1.77 bits per heavy atom. The molecule has 0 spiro atoms. The minimum atomic E-state index is -0.624. The molecular formula is C24H24N2O5. The van der Waals surface area contributed by atoms with Gasteiger partial charge in [0.05, 0.1) is 31.2 Å². The molecule has 3 rings (SSSR count). The van der Waals surface area contributed by atoms with Crippen LogP contribution in [0.15, 0.2) is 54.6 Å². The monoisotopic (exact) mass is 420 g/mol. The standard InChI is InChI=1S/C24H24N2O5/c1-16-20(17(2)26(25-16)18-8-6-5-7-9-18)11-13-24(28)31-15-22(27)21-14-19(29-3)10-12-23(21)30-4/h5-14H,15H2,1-4H3/b13-11+. The summed E-state index contributed by atoms with van der Waals surface area (Å²) in [6.45, 7) is 3.39. The zero-order valence-electron chi connectivity index (χ0n) is 17.9. The maximum absolute atomic E-state index is 12.5. The molecule has 0 amide bonds. The van der Waals surface area contributed by atoms with E-state index in [9.17, 15) is 9.59 Å². The Bertz CT molecular complexity index is 1120. The fourth-order valence-electron chi connectivity index (χ4n) is 3.16. The predicted molar refractivity (Wildman–Crippen MR) is 117 cm³/mol. The van der Waals surface area contributed by atoms with Gasteiger partial charge in [0.1, 0.15) is 11.5 Å². The van der Waals surface area contributed by atoms with E-state index in [1.54, 1.807) is 24.3 Å². The summed E-state index contributed by atoms with van der Waals surface area (Å²) in [6.07, 6.45) is 2.94. The molecule has 7 nitrogen and oxygen atoms in total. The molecule has 31 heavy (non-hydrogen) atoms. The number of carbonyl (C=O) groups is 2. The largest absolute Gasteiger partial charge is 0.497 e. The van der Waals surface area contributed by atoms with Gasteiger partial charge in [-0.2, -0.15) is 5.10 Å². The average Bonchev–Trinajstić information content (AvgIpc) is 3.09. The number of aromatic nitrogens is 2. The molecule has 0 fully saturated rings. The SMILES string of the molecule is COc1ccc(OC)c(C(=O)COC(=O)/C=C/c2c(C)nn(-c3ccccc3)c2C)c1. The molecule has 160 valence electrons. The Labute approximate surface area is 180 Å². The molecule has 0 N–H and O–H groups in total. The molecule has 3 aromatic rings. The maximum Gasteiger partial charge on any atom is 0.331 e. The highest BCUT2D eigenvalue weighted by molar-refractivity contribution is 6.01. The summed E-state index contributed by atoms with van der Waals surface area (Å²) in [5, 5.41) is 4.54. The minimum absolute atomic E-state index is 0.287. The summed E-state index contributed by atoms with van der Waals surface area (Å²) in [7, 11) is 2.97. The number of hydrogen-bond acceptors (Lipinski definition) is 6. The first-order valence-corrected chi connectivity index (χ1v) is 9.66. The van der Waals surface area contributed by atoms with Crippen molar-refractivity contribution in [2.24, 2.45) is 0 Å². The lowest BCUT2D eigenvalue weighted by Crippen LogP contribution is -2.13. The predicted octanol–water partition coefficient (Wildman–Crippen LogP) is 3.95. The van der Waals surface area contributed by atoms with E-state index in [1.165, 1.54) is 20.3 Å². The minimum Gasteiger partial charge on any atom is -0.497 e. The van der Waals surface area contributed by atoms with Gasteiger partial charge >= 0.3 is 5.97 Å². The van der Waals surface area contributed by atoms with E-state index in [4.69, 9.17) is 14.2 Å². The van der Waals surface area contributed by atoms with Crippen LogP contribution >= 0.6 is 0 Å². The molecule has 0 saturated heterocycles. The molecule has 0 bridgehead atoms. The second kappa shape index (κ2) is 9.75. The van der Waals surface area contributed by atoms with Gasteiger partial charge in [-0.15, -0.1) is 0 Å². The number of para-hydroxylation sites is 1. The van der Waals surface area contributed by atoms with Gasteiger partial charge in [-0.25, -0.2) is 9.48 Å². The van der Waals surface area contributed by atoms with Crippen LogP contribution in [0.5, 0.6) is 11.5 Å². The number of rotatable bonds is 8. The van der Waals surface area contributed by atoms with E-state index in [0.717, 1.165) is 22.6 Å². The molecule has 0 saturated carbocycles. The highest BCUT2D eigenvalue weighted by atomic mass is 16.5. The first-order chi connectivity index (χ1) is 14.9. The van der Waals surface area contributed by atoms with Gasteiger partial charge in [0, 0.05) is 17.3 Å². The van der Waals surface area contributed by atoms with Crippen LogP contribution in [0.4, 0.5) is 0 Å². The highest BCUT2D eigenvalue weighted by Crippen LogP contribution is 2.24. The Morgan fingerprint density at radius 3 is 2.45 bits per heavy atom. The summed E-state index contributed by atoms with van der Waals surface area (Å²) in [6, 6.07) is 14.6. The first-order valence-electron chi connectivity index (χ1n) is 9.66. The second-order valence-electron chi connectivity index (χ2n) is 6.76. The number of esters is 1. The third-order valence-electron chi connectivity index (χ3n) is 4.79. The average molecular weight is 420 g/mol. The van der Waals surface area contributed by atoms with Crippen molar-refractivity contribution in [2.45, 2.75) is 13.8 Å². The summed E-state index contributed by atoms with van der Waals surface area (Å²) in [5.74, 6) is -0.114. The van der Waals surface area contributed by atoms with Crippen molar-refractivity contribution in [2.75, 3.05) is 20.8 Å². The molecule has 0 aliphatic rings. The van der Waals surface area contributed by atoms with E-state index in [-0.39, 0.29) is 11.3 Å². The van der Waals surface area contributed by atoms with Crippen LogP contribution < -0.4 is 9.47 Å². The number of hydrogen-bond donors (Lipinski definition) is 0. The zero-order valence-corrected chi connectivity index (χ0v) is 17.9. The fourth-order valence-corrected chi connectivity index (χ4v) is 3.16. The Balaban J connectivity index is 1.68. The van der Waals surface area contributed by atoms with E-state index in [2.05, 4.69) is 5.10 Å². The van der Waals surface area contributed by atoms with Gasteiger partial charge in [0.2, 0.25) is 5.78 Å². The van der Waals surface area contributed by atoms with E-state index in [0.29, 0.717) is 11.5 Å². The summed E-state index contributed by atoms with van der Waals surface area (Å²) < 4.78 is 17.3. The third kappa shape index (κ3) is 5.01. The van der Waals surface area contributed by atoms with Crippen LogP contribution in [-0.4, -0.2) is 42.4 Å². The zero-order chi connectivity index (χ0) is 22.4. The summed E-state index contributed by atoms with van der Waals surface area (Å²) >= 11 is 0.